The van der Waals surface area contributed by atoms with Crippen LogP contribution in [0.1, 0.15) is 31.5 Å². The number of carbonyl (C=O) groups excluding carboxylic acids is 1. The van der Waals surface area contributed by atoms with Gasteiger partial charge in [-0.05, 0) is 38.5 Å². The molecule has 0 spiro atoms. The first-order valence-electron chi connectivity index (χ1n) is 7.04. The molecule has 1 fully saturated rings. The summed E-state index contributed by atoms with van der Waals surface area (Å²) < 4.78 is 0. The van der Waals surface area contributed by atoms with Crippen LogP contribution in [-0.2, 0) is 4.79 Å². The topological polar surface area (TPSA) is 66.9 Å². The molecule has 0 aliphatic heterocycles. The summed E-state index contributed by atoms with van der Waals surface area (Å²) in [6.07, 6.45) is 5.67. The fraction of sp³-hybridized carbons (Fsp3) is 0.643. The minimum absolute atomic E-state index is 0.172. The van der Waals surface area contributed by atoms with E-state index < -0.39 is 0 Å². The number of carbonyl (C=O) groups is 1. The van der Waals surface area contributed by atoms with Crippen molar-refractivity contribution in [3.05, 3.63) is 17.0 Å². The summed E-state index contributed by atoms with van der Waals surface area (Å²) >= 11 is 6.06. The van der Waals surface area contributed by atoms with Crippen LogP contribution in [0.3, 0.4) is 0 Å². The number of halogens is 1. The highest BCUT2D eigenvalue weighted by molar-refractivity contribution is 6.32. The van der Waals surface area contributed by atoms with Crippen molar-refractivity contribution in [3.63, 3.8) is 0 Å². The number of aryl methyl sites for hydroxylation is 1. The summed E-state index contributed by atoms with van der Waals surface area (Å²) in [5, 5.41) is 6.58. The van der Waals surface area contributed by atoms with Gasteiger partial charge in [0.25, 0.3) is 0 Å². The summed E-state index contributed by atoms with van der Waals surface area (Å²) in [5.41, 5.74) is 0. The first-order chi connectivity index (χ1) is 9.60. The van der Waals surface area contributed by atoms with Gasteiger partial charge in [-0.25, -0.2) is 9.97 Å². The van der Waals surface area contributed by atoms with Crippen molar-refractivity contribution >= 4 is 23.3 Å². The Hall–Kier alpha value is -1.36. The van der Waals surface area contributed by atoms with Crippen molar-refractivity contribution in [1.82, 2.24) is 15.3 Å². The molecular weight excluding hydrogens is 276 g/mol. The molecule has 1 heterocycles. The molecule has 0 radical (unpaired) electrons. The van der Waals surface area contributed by atoms with Crippen molar-refractivity contribution < 1.29 is 4.79 Å². The van der Waals surface area contributed by atoms with Crippen LogP contribution in [0.15, 0.2) is 6.20 Å². The maximum atomic E-state index is 11.6. The van der Waals surface area contributed by atoms with Crippen LogP contribution in [0.2, 0.25) is 5.02 Å². The maximum absolute atomic E-state index is 11.6. The molecule has 1 aliphatic carbocycles. The number of hydrogen-bond donors (Lipinski definition) is 2. The van der Waals surface area contributed by atoms with Gasteiger partial charge in [-0.2, -0.15) is 0 Å². The average Bonchev–Trinajstić information content (AvgIpc) is 2.48. The minimum atomic E-state index is 0.172. The molecule has 0 saturated heterocycles. The van der Waals surface area contributed by atoms with E-state index in [0.717, 1.165) is 32.2 Å². The molecule has 5 nitrogen and oxygen atoms in total. The summed E-state index contributed by atoms with van der Waals surface area (Å²) in [6.45, 7) is 2.69. The Morgan fingerprint density at radius 3 is 2.75 bits per heavy atom. The molecule has 6 heteroatoms. The average molecular weight is 297 g/mol. The molecule has 1 saturated carbocycles. The third-order valence-corrected chi connectivity index (χ3v) is 4.16. The number of aromatic nitrogens is 2. The molecule has 1 aromatic heterocycles. The smallest absolute Gasteiger partial charge is 0.222 e. The van der Waals surface area contributed by atoms with Crippen LogP contribution < -0.4 is 10.6 Å². The third kappa shape index (κ3) is 3.82. The second kappa shape index (κ2) is 6.88. The third-order valence-electron chi connectivity index (χ3n) is 3.89. The second-order valence-electron chi connectivity index (χ2n) is 5.33. The predicted molar refractivity (Wildman–Crippen MR) is 79.8 cm³/mol. The van der Waals surface area contributed by atoms with Gasteiger partial charge in [0.05, 0.1) is 6.20 Å². The number of amides is 1. The number of hydrogen-bond acceptors (Lipinski definition) is 4. The lowest BCUT2D eigenvalue weighted by molar-refractivity contribution is -0.125. The fourth-order valence-electron chi connectivity index (χ4n) is 2.65. The Morgan fingerprint density at radius 2 is 2.10 bits per heavy atom. The van der Waals surface area contributed by atoms with E-state index in [9.17, 15) is 4.79 Å². The largest absolute Gasteiger partial charge is 0.368 e. The van der Waals surface area contributed by atoms with E-state index in [1.165, 1.54) is 0 Å². The highest BCUT2D eigenvalue weighted by Crippen LogP contribution is 2.29. The van der Waals surface area contributed by atoms with Gasteiger partial charge in [0.1, 0.15) is 16.7 Å². The van der Waals surface area contributed by atoms with E-state index in [2.05, 4.69) is 20.6 Å². The van der Waals surface area contributed by atoms with Gasteiger partial charge in [0.15, 0.2) is 0 Å². The van der Waals surface area contributed by atoms with E-state index in [4.69, 9.17) is 11.6 Å². The quantitative estimate of drug-likeness (QED) is 0.895. The molecule has 1 aliphatic rings. The Bertz CT molecular complexity index is 472. The molecule has 0 bridgehead atoms. The number of nitrogens with one attached hydrogen (secondary N) is 2. The van der Waals surface area contributed by atoms with Crippen LogP contribution >= 0.6 is 11.6 Å². The SMILES string of the molecule is CNC(=O)C1CCC(CNc2nc(C)ncc2Cl)CC1. The van der Waals surface area contributed by atoms with Gasteiger partial charge in [-0.1, -0.05) is 11.6 Å². The molecule has 0 unspecified atom stereocenters. The van der Waals surface area contributed by atoms with Crippen molar-refractivity contribution in [2.75, 3.05) is 18.9 Å². The highest BCUT2D eigenvalue weighted by atomic mass is 35.5. The van der Waals surface area contributed by atoms with E-state index in [0.29, 0.717) is 22.6 Å². The van der Waals surface area contributed by atoms with E-state index in [1.807, 2.05) is 6.92 Å². The fourth-order valence-corrected chi connectivity index (χ4v) is 2.81. The Morgan fingerprint density at radius 1 is 1.40 bits per heavy atom. The normalized spacial score (nSPS) is 22.4. The van der Waals surface area contributed by atoms with Crippen molar-refractivity contribution in [3.8, 4) is 0 Å². The van der Waals surface area contributed by atoms with Gasteiger partial charge in [0, 0.05) is 19.5 Å². The molecule has 20 heavy (non-hydrogen) atoms. The summed E-state index contributed by atoms with van der Waals surface area (Å²) in [6, 6.07) is 0. The summed E-state index contributed by atoms with van der Waals surface area (Å²) in [5.74, 6) is 2.34. The van der Waals surface area contributed by atoms with Crippen molar-refractivity contribution in [1.29, 1.82) is 0 Å². The van der Waals surface area contributed by atoms with Gasteiger partial charge in [0.2, 0.25) is 5.91 Å². The number of nitrogens with zero attached hydrogens (tertiary/aromatic N) is 2. The molecule has 0 atom stereocenters. The molecule has 0 aromatic carbocycles. The molecular formula is C14H21ClN4O. The standard InChI is InChI=1S/C14H21ClN4O/c1-9-17-8-12(15)13(19-9)18-7-10-3-5-11(6-4-10)14(20)16-2/h8,10-11H,3-7H2,1-2H3,(H,16,20)(H,17,18,19). The van der Waals surface area contributed by atoms with Crippen LogP contribution in [0.25, 0.3) is 0 Å². The number of rotatable bonds is 4. The van der Waals surface area contributed by atoms with Crippen LogP contribution in [-0.4, -0.2) is 29.5 Å². The van der Waals surface area contributed by atoms with Gasteiger partial charge in [-0.3, -0.25) is 4.79 Å². The minimum Gasteiger partial charge on any atom is -0.368 e. The summed E-state index contributed by atoms with van der Waals surface area (Å²) in [7, 11) is 1.70. The predicted octanol–water partition coefficient (Wildman–Crippen LogP) is 2.40. The van der Waals surface area contributed by atoms with Crippen molar-refractivity contribution in [2.24, 2.45) is 11.8 Å². The van der Waals surface area contributed by atoms with Crippen LogP contribution in [0, 0.1) is 18.8 Å². The molecule has 1 amide bonds. The van der Waals surface area contributed by atoms with Crippen molar-refractivity contribution in [2.45, 2.75) is 32.6 Å². The first-order valence-corrected chi connectivity index (χ1v) is 7.42. The Balaban J connectivity index is 1.81. The van der Waals surface area contributed by atoms with Gasteiger partial charge < -0.3 is 10.6 Å². The van der Waals surface area contributed by atoms with Gasteiger partial charge in [-0.15, -0.1) is 0 Å². The lowest BCUT2D eigenvalue weighted by Gasteiger charge is -2.27. The monoisotopic (exact) mass is 296 g/mol. The Labute approximate surface area is 124 Å². The lowest BCUT2D eigenvalue weighted by Crippen LogP contribution is -2.32. The number of anilines is 1. The molecule has 2 rings (SSSR count). The van der Waals surface area contributed by atoms with Crippen LogP contribution in [0.4, 0.5) is 5.82 Å². The highest BCUT2D eigenvalue weighted by Gasteiger charge is 2.25. The van der Waals surface area contributed by atoms with Gasteiger partial charge >= 0.3 is 0 Å². The first kappa shape index (κ1) is 15.0. The summed E-state index contributed by atoms with van der Waals surface area (Å²) in [4.78, 5) is 19.9. The zero-order valence-corrected chi connectivity index (χ0v) is 12.7. The molecule has 2 N–H and O–H groups in total. The van der Waals surface area contributed by atoms with Crippen LogP contribution in [0.5, 0.6) is 0 Å². The van der Waals surface area contributed by atoms with E-state index in [-0.39, 0.29) is 11.8 Å². The second-order valence-corrected chi connectivity index (χ2v) is 5.73. The molecule has 1 aromatic rings. The maximum Gasteiger partial charge on any atom is 0.222 e. The zero-order chi connectivity index (χ0) is 14.5. The van der Waals surface area contributed by atoms with E-state index in [1.54, 1.807) is 13.2 Å². The van der Waals surface area contributed by atoms with E-state index >= 15 is 0 Å². The zero-order valence-electron chi connectivity index (χ0n) is 11.9. The Kier molecular flexibility index (Phi) is 5.17. The lowest BCUT2D eigenvalue weighted by atomic mass is 9.81. The molecule has 110 valence electrons.